The van der Waals surface area contributed by atoms with Crippen LogP contribution in [0.2, 0.25) is 5.02 Å². The second kappa shape index (κ2) is 8.24. The predicted octanol–water partition coefficient (Wildman–Crippen LogP) is 3.66. The van der Waals surface area contributed by atoms with Crippen LogP contribution in [0.1, 0.15) is 35.2 Å². The van der Waals surface area contributed by atoms with Crippen molar-refractivity contribution in [1.82, 2.24) is 19.0 Å². The Bertz CT molecular complexity index is 1000. The van der Waals surface area contributed by atoms with Crippen LogP contribution in [0.4, 0.5) is 0 Å². The van der Waals surface area contributed by atoms with Gasteiger partial charge in [0.15, 0.2) is 0 Å². The second-order valence-electron chi connectivity index (χ2n) is 6.85. The van der Waals surface area contributed by atoms with Gasteiger partial charge in [-0.2, -0.15) is 8.75 Å². The van der Waals surface area contributed by atoms with Crippen molar-refractivity contribution in [2.24, 2.45) is 0 Å². The van der Waals surface area contributed by atoms with Crippen LogP contribution in [0.15, 0.2) is 42.5 Å². The molecule has 1 saturated heterocycles. The molecule has 0 bridgehead atoms. The number of likely N-dealkylation sites (tertiary alicyclic amines) is 1. The number of halogens is 1. The highest BCUT2D eigenvalue weighted by atomic mass is 35.5. The summed E-state index contributed by atoms with van der Waals surface area (Å²) in [4.78, 5) is 27.7. The minimum absolute atomic E-state index is 0.0515. The smallest absolute Gasteiger partial charge is 0.254 e. The number of nitrogens with one attached hydrogen (secondary N) is 1. The molecule has 1 fully saturated rings. The molecule has 1 atom stereocenters. The second-order valence-corrected chi connectivity index (χ2v) is 7.81. The number of rotatable bonds is 4. The first kappa shape index (κ1) is 18.8. The van der Waals surface area contributed by atoms with Crippen LogP contribution >= 0.6 is 23.3 Å². The zero-order valence-corrected chi connectivity index (χ0v) is 16.7. The van der Waals surface area contributed by atoms with E-state index in [2.05, 4.69) is 14.1 Å². The molecule has 2 amide bonds. The fourth-order valence-corrected chi connectivity index (χ4v) is 4.11. The molecule has 6 nitrogen and oxygen atoms in total. The third-order valence-electron chi connectivity index (χ3n) is 4.90. The number of nitrogens with zero attached hydrogens (tertiary/aromatic N) is 3. The Labute approximate surface area is 171 Å². The lowest BCUT2D eigenvalue weighted by molar-refractivity contribution is -0.133. The zero-order chi connectivity index (χ0) is 19.5. The molecule has 0 radical (unpaired) electrons. The summed E-state index contributed by atoms with van der Waals surface area (Å²) in [5.41, 5.74) is 2.73. The van der Waals surface area contributed by atoms with E-state index in [-0.39, 0.29) is 11.8 Å². The van der Waals surface area contributed by atoms with Crippen LogP contribution in [-0.2, 0) is 11.3 Å². The van der Waals surface area contributed by atoms with Crippen LogP contribution in [0.25, 0.3) is 11.0 Å². The quantitative estimate of drug-likeness (QED) is 0.707. The maximum absolute atomic E-state index is 13.1. The van der Waals surface area contributed by atoms with Crippen LogP contribution in [0.3, 0.4) is 0 Å². The molecule has 3 aromatic rings. The van der Waals surface area contributed by atoms with E-state index in [1.54, 1.807) is 12.1 Å². The standard InChI is InChI=1S/C20H19ClN4O2S/c21-14-9-7-13(8-10-14)12-25-11-2-1-5-17(20(25)27)22-19(26)15-4-3-6-16-18(15)24-28-23-16/h3-4,6-10,17H,1-2,5,11-12H2,(H,22,26). The summed E-state index contributed by atoms with van der Waals surface area (Å²) >= 11 is 7.02. The first-order valence-corrected chi connectivity index (χ1v) is 10.3. The van der Waals surface area contributed by atoms with E-state index in [0.717, 1.165) is 30.1 Å². The van der Waals surface area contributed by atoms with E-state index in [9.17, 15) is 9.59 Å². The Morgan fingerprint density at radius 1 is 1.18 bits per heavy atom. The molecule has 144 valence electrons. The molecule has 1 aromatic heterocycles. The summed E-state index contributed by atoms with van der Waals surface area (Å²) in [7, 11) is 0. The molecule has 4 rings (SSSR count). The maximum Gasteiger partial charge on any atom is 0.254 e. The van der Waals surface area contributed by atoms with Gasteiger partial charge in [-0.15, -0.1) is 0 Å². The van der Waals surface area contributed by atoms with Crippen molar-refractivity contribution >= 4 is 46.2 Å². The highest BCUT2D eigenvalue weighted by Gasteiger charge is 2.29. The molecule has 1 aliphatic heterocycles. The lowest BCUT2D eigenvalue weighted by Gasteiger charge is -2.25. The molecule has 8 heteroatoms. The van der Waals surface area contributed by atoms with Crippen molar-refractivity contribution in [1.29, 1.82) is 0 Å². The summed E-state index contributed by atoms with van der Waals surface area (Å²) in [5.74, 6) is -0.339. The lowest BCUT2D eigenvalue weighted by Crippen LogP contribution is -2.47. The molecule has 0 saturated carbocycles. The first-order valence-electron chi connectivity index (χ1n) is 9.17. The van der Waals surface area contributed by atoms with Gasteiger partial charge in [-0.3, -0.25) is 9.59 Å². The Kier molecular flexibility index (Phi) is 5.54. The van der Waals surface area contributed by atoms with Crippen molar-refractivity contribution in [3.8, 4) is 0 Å². The largest absolute Gasteiger partial charge is 0.340 e. The monoisotopic (exact) mass is 414 g/mol. The van der Waals surface area contributed by atoms with E-state index in [1.165, 1.54) is 0 Å². The minimum Gasteiger partial charge on any atom is -0.340 e. The lowest BCUT2D eigenvalue weighted by atomic mass is 10.1. The van der Waals surface area contributed by atoms with Gasteiger partial charge in [0, 0.05) is 18.1 Å². The maximum atomic E-state index is 13.1. The summed E-state index contributed by atoms with van der Waals surface area (Å²) in [6.07, 6.45) is 2.43. The molecule has 1 N–H and O–H groups in total. The Morgan fingerprint density at radius 3 is 2.82 bits per heavy atom. The number of aromatic nitrogens is 2. The number of amides is 2. The summed E-state index contributed by atoms with van der Waals surface area (Å²) in [5, 5.41) is 3.59. The van der Waals surface area contributed by atoms with Gasteiger partial charge in [0.25, 0.3) is 5.91 Å². The average molecular weight is 415 g/mol. The van der Waals surface area contributed by atoms with Crippen molar-refractivity contribution in [2.45, 2.75) is 31.8 Å². The van der Waals surface area contributed by atoms with E-state index < -0.39 is 6.04 Å². The highest BCUT2D eigenvalue weighted by Crippen LogP contribution is 2.19. The topological polar surface area (TPSA) is 75.2 Å². The van der Waals surface area contributed by atoms with Crippen molar-refractivity contribution in [2.75, 3.05) is 6.54 Å². The number of fused-ring (bicyclic) bond motifs is 1. The van der Waals surface area contributed by atoms with Crippen LogP contribution < -0.4 is 5.32 Å². The van der Waals surface area contributed by atoms with Gasteiger partial charge in [0.05, 0.1) is 17.3 Å². The summed E-state index contributed by atoms with van der Waals surface area (Å²) < 4.78 is 8.38. The SMILES string of the molecule is O=C(NC1CCCCN(Cc2ccc(Cl)cc2)C1=O)c1cccc2nsnc12. The Morgan fingerprint density at radius 2 is 2.00 bits per heavy atom. The summed E-state index contributed by atoms with van der Waals surface area (Å²) in [6, 6.07) is 12.3. The third-order valence-corrected chi connectivity index (χ3v) is 5.70. The molecule has 2 heterocycles. The van der Waals surface area contributed by atoms with Gasteiger partial charge in [-0.1, -0.05) is 29.8 Å². The molecule has 2 aromatic carbocycles. The van der Waals surface area contributed by atoms with Gasteiger partial charge in [-0.05, 0) is 49.1 Å². The molecule has 0 aliphatic carbocycles. The van der Waals surface area contributed by atoms with E-state index in [1.807, 2.05) is 35.2 Å². The van der Waals surface area contributed by atoms with Gasteiger partial charge >= 0.3 is 0 Å². The fourth-order valence-electron chi connectivity index (χ4n) is 3.43. The van der Waals surface area contributed by atoms with Crippen LogP contribution in [0.5, 0.6) is 0 Å². The number of hydrogen-bond acceptors (Lipinski definition) is 5. The van der Waals surface area contributed by atoms with E-state index >= 15 is 0 Å². The van der Waals surface area contributed by atoms with Crippen molar-refractivity contribution in [3.05, 3.63) is 58.6 Å². The third kappa shape index (κ3) is 4.00. The predicted molar refractivity (Wildman–Crippen MR) is 109 cm³/mol. The molecule has 28 heavy (non-hydrogen) atoms. The van der Waals surface area contributed by atoms with E-state index in [4.69, 9.17) is 11.6 Å². The Balaban J connectivity index is 1.50. The fraction of sp³-hybridized carbons (Fsp3) is 0.300. The van der Waals surface area contributed by atoms with E-state index in [0.29, 0.717) is 41.1 Å². The number of hydrogen-bond donors (Lipinski definition) is 1. The van der Waals surface area contributed by atoms with Crippen molar-refractivity contribution < 1.29 is 9.59 Å². The van der Waals surface area contributed by atoms with Crippen LogP contribution in [-0.4, -0.2) is 38.0 Å². The highest BCUT2D eigenvalue weighted by molar-refractivity contribution is 7.00. The minimum atomic E-state index is -0.538. The molecule has 1 unspecified atom stereocenters. The zero-order valence-electron chi connectivity index (χ0n) is 15.1. The molecular formula is C20H19ClN4O2S. The Hall–Kier alpha value is -2.51. The summed E-state index contributed by atoms with van der Waals surface area (Å²) in [6.45, 7) is 1.19. The van der Waals surface area contributed by atoms with Gasteiger partial charge in [0.1, 0.15) is 17.1 Å². The van der Waals surface area contributed by atoms with Gasteiger partial charge < -0.3 is 10.2 Å². The normalized spacial score (nSPS) is 17.5. The number of benzene rings is 2. The number of carbonyl (C=O) groups is 2. The molecule has 1 aliphatic rings. The van der Waals surface area contributed by atoms with Crippen LogP contribution in [0, 0.1) is 0 Å². The first-order chi connectivity index (χ1) is 13.6. The number of carbonyl (C=O) groups excluding carboxylic acids is 2. The van der Waals surface area contributed by atoms with Crippen molar-refractivity contribution in [3.63, 3.8) is 0 Å². The molecule has 0 spiro atoms. The average Bonchev–Trinajstić information content (AvgIpc) is 3.12. The molecular weight excluding hydrogens is 396 g/mol. The van der Waals surface area contributed by atoms with Gasteiger partial charge in [0.2, 0.25) is 5.91 Å². The van der Waals surface area contributed by atoms with Gasteiger partial charge in [-0.25, -0.2) is 0 Å².